The summed E-state index contributed by atoms with van der Waals surface area (Å²) in [4.78, 5) is 31.0. The molecule has 1 N–H and O–H groups in total. The van der Waals surface area contributed by atoms with Crippen LogP contribution in [0.5, 0.6) is 0 Å². The molecule has 0 bridgehead atoms. The van der Waals surface area contributed by atoms with Crippen LogP contribution in [0.3, 0.4) is 0 Å². The molecule has 1 saturated heterocycles. The van der Waals surface area contributed by atoms with E-state index in [1.165, 1.54) is 16.8 Å². The Morgan fingerprint density at radius 2 is 2.06 bits per heavy atom. The maximum absolute atomic E-state index is 13.1. The Morgan fingerprint density at radius 1 is 1.18 bits per heavy atom. The molecule has 4 heterocycles. The summed E-state index contributed by atoms with van der Waals surface area (Å²) in [6.45, 7) is 3.70. The third-order valence-corrected chi connectivity index (χ3v) is 5.74. The number of rotatable bonds is 4. The Balaban J connectivity index is 1.52. The molecular weight excluding hydrogens is 428 g/mol. The first kappa shape index (κ1) is 21.1. The number of halogens is 2. The van der Waals surface area contributed by atoms with Gasteiger partial charge in [0.05, 0.1) is 24.1 Å². The number of hydrogen-bond donors (Lipinski definition) is 1. The molecule has 0 aliphatic carbocycles. The number of benzene rings is 1. The number of piperazine rings is 1. The van der Waals surface area contributed by atoms with Crippen LogP contribution in [-0.4, -0.2) is 54.8 Å². The molecule has 168 valence electrons. The number of fused-ring (bicyclic) bond motifs is 1. The van der Waals surface area contributed by atoms with E-state index in [0.29, 0.717) is 35.9 Å². The lowest BCUT2D eigenvalue weighted by Gasteiger charge is -2.36. The Morgan fingerprint density at radius 3 is 2.88 bits per heavy atom. The molecule has 1 aliphatic rings. The molecule has 1 fully saturated rings. The number of nitrogens with one attached hydrogen (secondary N) is 1. The van der Waals surface area contributed by atoms with Crippen LogP contribution in [0.4, 0.5) is 8.78 Å². The first-order valence-corrected chi connectivity index (χ1v) is 10.5. The fourth-order valence-electron chi connectivity index (χ4n) is 4.11. The molecule has 33 heavy (non-hydrogen) atoms. The summed E-state index contributed by atoms with van der Waals surface area (Å²) < 4.78 is 27.8. The van der Waals surface area contributed by atoms with Crippen LogP contribution in [0.2, 0.25) is 0 Å². The molecular formula is C23H21F2N7O. The number of nitrogens with zero attached hydrogens (tertiary/aromatic N) is 6. The first-order chi connectivity index (χ1) is 16.0. The van der Waals surface area contributed by atoms with Crippen molar-refractivity contribution < 1.29 is 13.6 Å². The van der Waals surface area contributed by atoms with Gasteiger partial charge < -0.3 is 10.2 Å². The normalized spacial score (nSPS) is 16.5. The largest absolute Gasteiger partial charge is 0.333 e. The fourth-order valence-corrected chi connectivity index (χ4v) is 4.11. The molecule has 0 spiro atoms. The lowest BCUT2D eigenvalue weighted by molar-refractivity contribution is -0.132. The van der Waals surface area contributed by atoms with Crippen LogP contribution in [-0.2, 0) is 4.79 Å². The second-order valence-corrected chi connectivity index (χ2v) is 7.81. The average Bonchev–Trinajstić information content (AvgIpc) is 3.27. The first-order valence-electron chi connectivity index (χ1n) is 10.5. The van der Waals surface area contributed by atoms with Gasteiger partial charge in [0.2, 0.25) is 5.91 Å². The zero-order valence-corrected chi connectivity index (χ0v) is 17.8. The van der Waals surface area contributed by atoms with E-state index in [1.54, 1.807) is 25.4 Å². The molecule has 3 aromatic heterocycles. The van der Waals surface area contributed by atoms with E-state index >= 15 is 0 Å². The SMILES string of the molecule is CC(=O)N1CCNCC1c1cccc(-c2ccnc(-c3cnc4cnc(C(F)F)cn34)n2)c1. The van der Waals surface area contributed by atoms with Crippen LogP contribution < -0.4 is 5.32 Å². The van der Waals surface area contributed by atoms with Crippen molar-refractivity contribution in [3.63, 3.8) is 0 Å². The third-order valence-electron chi connectivity index (χ3n) is 5.74. The van der Waals surface area contributed by atoms with Crippen molar-refractivity contribution in [1.82, 2.24) is 34.6 Å². The number of aromatic nitrogens is 5. The Kier molecular flexibility index (Phi) is 5.51. The van der Waals surface area contributed by atoms with Crippen molar-refractivity contribution in [3.8, 4) is 22.8 Å². The highest BCUT2D eigenvalue weighted by Crippen LogP contribution is 2.28. The summed E-state index contributed by atoms with van der Waals surface area (Å²) in [5.74, 6) is 0.406. The Bertz CT molecular complexity index is 1320. The Labute approximate surface area is 188 Å². The number of alkyl halides is 2. The monoisotopic (exact) mass is 449 g/mol. The number of carbonyl (C=O) groups excluding carboxylic acids is 1. The summed E-state index contributed by atoms with van der Waals surface area (Å²) in [5.41, 5.74) is 3.14. The van der Waals surface area contributed by atoms with E-state index in [2.05, 4.69) is 25.3 Å². The highest BCUT2D eigenvalue weighted by Gasteiger charge is 2.26. The van der Waals surface area contributed by atoms with E-state index in [0.717, 1.165) is 17.7 Å². The molecule has 1 aromatic carbocycles. The van der Waals surface area contributed by atoms with Crippen LogP contribution in [0, 0.1) is 0 Å². The summed E-state index contributed by atoms with van der Waals surface area (Å²) in [6.07, 6.45) is 3.04. The predicted octanol–water partition coefficient (Wildman–Crippen LogP) is 3.28. The minimum atomic E-state index is -2.69. The van der Waals surface area contributed by atoms with E-state index in [-0.39, 0.29) is 17.6 Å². The maximum Gasteiger partial charge on any atom is 0.281 e. The van der Waals surface area contributed by atoms with Crippen molar-refractivity contribution >= 4 is 11.6 Å². The molecule has 1 amide bonds. The van der Waals surface area contributed by atoms with Crippen molar-refractivity contribution in [3.05, 3.63) is 66.4 Å². The van der Waals surface area contributed by atoms with Crippen molar-refractivity contribution in [2.45, 2.75) is 19.4 Å². The standard InChI is InChI=1S/C23H21F2N7O/c1-14(33)31-8-7-26-10-19(31)16-4-2-3-15(9-16)17-5-6-27-23(30-17)20-11-29-21-12-28-18(22(24)25)13-32(20)21/h2-6,9,11-13,19,22,26H,7-8,10H2,1H3. The van der Waals surface area contributed by atoms with E-state index in [9.17, 15) is 13.6 Å². The topological polar surface area (TPSA) is 88.3 Å². The number of amides is 1. The van der Waals surface area contributed by atoms with Crippen molar-refractivity contribution in [1.29, 1.82) is 0 Å². The fraction of sp³-hybridized carbons (Fsp3) is 0.261. The van der Waals surface area contributed by atoms with Gasteiger partial charge in [0.25, 0.3) is 6.43 Å². The molecule has 1 unspecified atom stereocenters. The van der Waals surface area contributed by atoms with Gasteiger partial charge in [-0.25, -0.2) is 28.7 Å². The maximum atomic E-state index is 13.1. The number of hydrogen-bond acceptors (Lipinski definition) is 6. The number of imidazole rings is 1. The molecule has 5 rings (SSSR count). The van der Waals surface area contributed by atoms with Gasteiger partial charge in [0, 0.05) is 44.5 Å². The minimum absolute atomic E-state index is 0.0430. The average molecular weight is 449 g/mol. The predicted molar refractivity (Wildman–Crippen MR) is 117 cm³/mol. The van der Waals surface area contributed by atoms with Crippen LogP contribution in [0.1, 0.15) is 30.6 Å². The summed E-state index contributed by atoms with van der Waals surface area (Å²) in [5, 5.41) is 3.35. The molecule has 1 atom stereocenters. The smallest absolute Gasteiger partial charge is 0.281 e. The molecule has 0 radical (unpaired) electrons. The van der Waals surface area contributed by atoms with E-state index in [4.69, 9.17) is 0 Å². The van der Waals surface area contributed by atoms with Crippen LogP contribution in [0.15, 0.2) is 55.1 Å². The second kappa shape index (κ2) is 8.62. The summed E-state index contributed by atoms with van der Waals surface area (Å²) in [6, 6.07) is 9.64. The number of carbonyl (C=O) groups is 1. The van der Waals surface area contributed by atoms with E-state index in [1.807, 2.05) is 29.2 Å². The molecule has 1 aliphatic heterocycles. The zero-order valence-electron chi connectivity index (χ0n) is 17.8. The minimum Gasteiger partial charge on any atom is -0.333 e. The lowest BCUT2D eigenvalue weighted by atomic mass is 9.99. The van der Waals surface area contributed by atoms with E-state index < -0.39 is 6.43 Å². The van der Waals surface area contributed by atoms with Gasteiger partial charge in [0.15, 0.2) is 11.5 Å². The molecule has 8 nitrogen and oxygen atoms in total. The van der Waals surface area contributed by atoms with Crippen molar-refractivity contribution in [2.24, 2.45) is 0 Å². The third kappa shape index (κ3) is 4.05. The molecule has 10 heteroatoms. The second-order valence-electron chi connectivity index (χ2n) is 7.81. The lowest BCUT2D eigenvalue weighted by Crippen LogP contribution is -2.47. The van der Waals surface area contributed by atoms with Gasteiger partial charge in [-0.2, -0.15) is 0 Å². The van der Waals surface area contributed by atoms with Gasteiger partial charge in [-0.3, -0.25) is 9.20 Å². The van der Waals surface area contributed by atoms with Crippen LogP contribution >= 0.6 is 0 Å². The Hall–Kier alpha value is -3.79. The summed E-state index contributed by atoms with van der Waals surface area (Å²) >= 11 is 0. The van der Waals surface area contributed by atoms with Crippen molar-refractivity contribution in [2.75, 3.05) is 19.6 Å². The quantitative estimate of drug-likeness (QED) is 0.515. The summed E-state index contributed by atoms with van der Waals surface area (Å²) in [7, 11) is 0. The highest BCUT2D eigenvalue weighted by atomic mass is 19.3. The molecule has 4 aromatic rings. The van der Waals surface area contributed by atoms with Gasteiger partial charge in [-0.05, 0) is 17.7 Å². The molecule has 0 saturated carbocycles. The van der Waals surface area contributed by atoms with Gasteiger partial charge in [0.1, 0.15) is 11.4 Å². The highest BCUT2D eigenvalue weighted by molar-refractivity contribution is 5.74. The zero-order chi connectivity index (χ0) is 22.9. The van der Waals surface area contributed by atoms with Gasteiger partial charge in [-0.15, -0.1) is 0 Å². The van der Waals surface area contributed by atoms with Gasteiger partial charge in [-0.1, -0.05) is 18.2 Å². The van der Waals surface area contributed by atoms with Crippen LogP contribution in [0.25, 0.3) is 28.4 Å². The van der Waals surface area contributed by atoms with Gasteiger partial charge >= 0.3 is 0 Å².